The highest BCUT2D eigenvalue weighted by Gasteiger charge is 2.08. The molecule has 0 heterocycles. The molecular weight excluding hydrogens is 209 g/mol. The summed E-state index contributed by atoms with van der Waals surface area (Å²) in [5.74, 6) is 0. The summed E-state index contributed by atoms with van der Waals surface area (Å²) in [5.41, 5.74) is 5.45. The van der Waals surface area contributed by atoms with Crippen LogP contribution in [0.4, 0.5) is 0 Å². The smallest absolute Gasteiger partial charge is 0.153 e. The second-order valence-electron chi connectivity index (χ2n) is 2.32. The molecule has 0 aliphatic carbocycles. The molecule has 1 rings (SSSR count). The van der Waals surface area contributed by atoms with Crippen LogP contribution in [0.25, 0.3) is 0 Å². The molecule has 12 heavy (non-hydrogen) atoms. The van der Waals surface area contributed by atoms with Gasteiger partial charge in [0.1, 0.15) is 0 Å². The molecule has 3 N–H and O–H groups in total. The van der Waals surface area contributed by atoms with Crippen molar-refractivity contribution in [3.63, 3.8) is 0 Å². The van der Waals surface area contributed by atoms with Gasteiger partial charge in [-0.2, -0.15) is 0 Å². The molecular formula is C7H10NOPS2. The van der Waals surface area contributed by atoms with Crippen molar-refractivity contribution in [3.8, 4) is 0 Å². The van der Waals surface area contributed by atoms with Crippen LogP contribution in [0.5, 0.6) is 0 Å². The first-order valence-electron chi connectivity index (χ1n) is 3.30. The number of hydrogen-bond donors (Lipinski definition) is 2. The SMILES string of the molecule is CSc1cccc(P(N)(O)=S)c1. The first kappa shape index (κ1) is 10.2. The molecule has 1 aromatic rings. The Bertz CT molecular complexity index is 323. The lowest BCUT2D eigenvalue weighted by atomic mass is 10.4. The van der Waals surface area contributed by atoms with Gasteiger partial charge in [-0.1, -0.05) is 12.1 Å². The van der Waals surface area contributed by atoms with Crippen molar-refractivity contribution in [1.29, 1.82) is 0 Å². The summed E-state index contributed by atoms with van der Waals surface area (Å²) in [4.78, 5) is 10.5. The predicted octanol–water partition coefficient (Wildman–Crippen LogP) is 1.29. The number of thioether (sulfide) groups is 1. The van der Waals surface area contributed by atoms with Crippen molar-refractivity contribution in [2.45, 2.75) is 4.90 Å². The largest absolute Gasteiger partial charge is 0.351 e. The normalized spacial score (nSPS) is 15.6. The summed E-state index contributed by atoms with van der Waals surface area (Å²) in [5, 5.41) is 0.671. The van der Waals surface area contributed by atoms with Gasteiger partial charge in [-0.25, -0.2) is 0 Å². The lowest BCUT2D eigenvalue weighted by Gasteiger charge is -2.09. The maximum Gasteiger partial charge on any atom is 0.153 e. The van der Waals surface area contributed by atoms with E-state index >= 15 is 0 Å². The van der Waals surface area contributed by atoms with Gasteiger partial charge in [0.2, 0.25) is 0 Å². The zero-order valence-electron chi connectivity index (χ0n) is 6.60. The number of rotatable bonds is 2. The van der Waals surface area contributed by atoms with Gasteiger partial charge in [0.05, 0.1) is 0 Å². The average Bonchev–Trinajstić information content (AvgIpc) is 2.03. The van der Waals surface area contributed by atoms with Crippen LogP contribution in [-0.4, -0.2) is 11.1 Å². The topological polar surface area (TPSA) is 46.2 Å². The molecule has 0 amide bonds. The van der Waals surface area contributed by atoms with Crippen LogP contribution in [-0.2, 0) is 11.8 Å². The summed E-state index contributed by atoms with van der Waals surface area (Å²) in [6.07, 6.45) is -0.769. The van der Waals surface area contributed by atoms with E-state index in [1.807, 2.05) is 24.5 Å². The van der Waals surface area contributed by atoms with E-state index in [1.165, 1.54) is 0 Å². The van der Waals surface area contributed by atoms with Crippen molar-refractivity contribution in [3.05, 3.63) is 24.3 Å². The van der Waals surface area contributed by atoms with Crippen molar-refractivity contribution < 1.29 is 4.89 Å². The summed E-state index contributed by atoms with van der Waals surface area (Å²) in [6.45, 7) is 0. The van der Waals surface area contributed by atoms with Gasteiger partial charge in [0.15, 0.2) is 6.42 Å². The fourth-order valence-corrected chi connectivity index (χ4v) is 2.32. The molecule has 1 atom stereocenters. The van der Waals surface area contributed by atoms with Crippen LogP contribution in [0.15, 0.2) is 29.2 Å². The highest BCUT2D eigenvalue weighted by Crippen LogP contribution is 2.30. The van der Waals surface area contributed by atoms with Gasteiger partial charge >= 0.3 is 0 Å². The van der Waals surface area contributed by atoms with E-state index in [1.54, 1.807) is 17.8 Å². The molecule has 66 valence electrons. The summed E-state index contributed by atoms with van der Waals surface area (Å²) < 4.78 is 0. The first-order valence-corrected chi connectivity index (χ1v) is 7.35. The quantitative estimate of drug-likeness (QED) is 0.581. The molecule has 0 aromatic heterocycles. The molecule has 1 unspecified atom stereocenters. The molecule has 0 spiro atoms. The molecule has 2 nitrogen and oxygen atoms in total. The highest BCUT2D eigenvalue weighted by molar-refractivity contribution is 8.14. The van der Waals surface area contributed by atoms with Crippen LogP contribution >= 0.6 is 18.2 Å². The van der Waals surface area contributed by atoms with E-state index in [-0.39, 0.29) is 0 Å². The lowest BCUT2D eigenvalue weighted by molar-refractivity contribution is 0.634. The maximum atomic E-state index is 9.40. The van der Waals surface area contributed by atoms with E-state index in [0.29, 0.717) is 5.30 Å². The van der Waals surface area contributed by atoms with Crippen LogP contribution in [0.1, 0.15) is 0 Å². The second kappa shape index (κ2) is 3.90. The molecule has 0 aliphatic heterocycles. The minimum atomic E-state index is -2.74. The maximum absolute atomic E-state index is 9.40. The number of hydrogen-bond acceptors (Lipinski definition) is 2. The molecule has 0 aliphatic rings. The minimum Gasteiger partial charge on any atom is -0.351 e. The summed E-state index contributed by atoms with van der Waals surface area (Å²) >= 11 is 6.40. The Balaban J connectivity index is 3.11. The van der Waals surface area contributed by atoms with Crippen LogP contribution in [0, 0.1) is 0 Å². The molecule has 0 bridgehead atoms. The van der Waals surface area contributed by atoms with Gasteiger partial charge in [-0.05, 0) is 30.2 Å². The predicted molar refractivity (Wildman–Crippen MR) is 58.5 cm³/mol. The molecule has 0 radical (unpaired) electrons. The van der Waals surface area contributed by atoms with Crippen LogP contribution in [0.3, 0.4) is 0 Å². The standard InChI is InChI=1S/C7H10NOPS2/c1-12-7-4-2-3-6(5-7)10(8,9)11/h2-5H,1H3,(H3,8,9,11). The van der Waals surface area contributed by atoms with Crippen molar-refractivity contribution >= 4 is 35.3 Å². The van der Waals surface area contributed by atoms with Crippen molar-refractivity contribution in [2.24, 2.45) is 5.50 Å². The third-order valence-electron chi connectivity index (χ3n) is 1.42. The fourth-order valence-electron chi connectivity index (χ4n) is 0.810. The van der Waals surface area contributed by atoms with E-state index in [9.17, 15) is 4.89 Å². The number of nitrogens with two attached hydrogens (primary N) is 1. The van der Waals surface area contributed by atoms with Gasteiger partial charge in [-0.15, -0.1) is 11.8 Å². The lowest BCUT2D eigenvalue weighted by Crippen LogP contribution is -2.10. The third kappa shape index (κ3) is 2.57. The van der Waals surface area contributed by atoms with Crippen molar-refractivity contribution in [2.75, 3.05) is 6.26 Å². The third-order valence-corrected chi connectivity index (χ3v) is 3.80. The van der Waals surface area contributed by atoms with E-state index in [2.05, 4.69) is 0 Å². The van der Waals surface area contributed by atoms with Gasteiger partial charge in [0, 0.05) is 10.2 Å². The molecule has 1 aromatic carbocycles. The molecule has 0 saturated carbocycles. The Kier molecular flexibility index (Phi) is 3.32. The molecule has 0 fully saturated rings. The van der Waals surface area contributed by atoms with E-state index in [4.69, 9.17) is 17.3 Å². The second-order valence-corrected chi connectivity index (χ2v) is 6.64. The number of benzene rings is 1. The van der Waals surface area contributed by atoms with E-state index in [0.717, 1.165) is 4.90 Å². The summed E-state index contributed by atoms with van der Waals surface area (Å²) in [7, 11) is 0. The van der Waals surface area contributed by atoms with Gasteiger partial charge in [-0.3, -0.25) is 5.50 Å². The minimum absolute atomic E-state index is 0.671. The van der Waals surface area contributed by atoms with Crippen LogP contribution in [0.2, 0.25) is 0 Å². The zero-order valence-corrected chi connectivity index (χ0v) is 9.13. The first-order chi connectivity index (χ1) is 5.54. The summed E-state index contributed by atoms with van der Waals surface area (Å²) in [6, 6.07) is 7.41. The van der Waals surface area contributed by atoms with Gasteiger partial charge < -0.3 is 4.89 Å². The highest BCUT2D eigenvalue weighted by atomic mass is 32.4. The fraction of sp³-hybridized carbons (Fsp3) is 0.143. The monoisotopic (exact) mass is 219 g/mol. The molecule has 5 heteroatoms. The Morgan fingerprint density at radius 2 is 2.25 bits per heavy atom. The van der Waals surface area contributed by atoms with Gasteiger partial charge in [0.25, 0.3) is 0 Å². The van der Waals surface area contributed by atoms with E-state index < -0.39 is 6.42 Å². The average molecular weight is 219 g/mol. The Morgan fingerprint density at radius 3 is 2.75 bits per heavy atom. The Labute approximate surface area is 81.3 Å². The molecule has 0 saturated heterocycles. The van der Waals surface area contributed by atoms with Crippen molar-refractivity contribution in [1.82, 2.24) is 0 Å². The Hall–Kier alpha value is 0.140. The Morgan fingerprint density at radius 1 is 1.58 bits per heavy atom. The van der Waals surface area contributed by atoms with Crippen LogP contribution < -0.4 is 10.8 Å². The zero-order chi connectivity index (χ0) is 9.19.